The van der Waals surface area contributed by atoms with Gasteiger partial charge in [-0.25, -0.2) is 13.1 Å². The third kappa shape index (κ3) is 2.83. The fourth-order valence-electron chi connectivity index (χ4n) is 2.84. The van der Waals surface area contributed by atoms with Crippen molar-refractivity contribution in [3.05, 3.63) is 48.8 Å². The van der Waals surface area contributed by atoms with E-state index in [1.165, 1.54) is 0 Å². The van der Waals surface area contributed by atoms with Crippen LogP contribution in [0.15, 0.2) is 53.7 Å². The average molecular weight is 344 g/mol. The second-order valence-corrected chi connectivity index (χ2v) is 7.41. The van der Waals surface area contributed by atoms with Crippen LogP contribution in [0.3, 0.4) is 0 Å². The minimum Gasteiger partial charge on any atom is -0.354 e. The molecule has 0 amide bonds. The summed E-state index contributed by atoms with van der Waals surface area (Å²) in [5.74, 6) is 0.781. The van der Waals surface area contributed by atoms with E-state index in [1.807, 2.05) is 12.1 Å². The summed E-state index contributed by atoms with van der Waals surface area (Å²) in [6, 6.07) is 12.0. The highest BCUT2D eigenvalue weighted by molar-refractivity contribution is 7.89. The first-order valence-electron chi connectivity index (χ1n) is 7.61. The molecule has 8 nitrogen and oxygen atoms in total. The molecule has 0 bridgehead atoms. The Bertz CT molecular complexity index is 956. The van der Waals surface area contributed by atoms with E-state index in [0.29, 0.717) is 12.2 Å². The lowest BCUT2D eigenvalue weighted by molar-refractivity contribution is 0.561. The van der Waals surface area contributed by atoms with E-state index < -0.39 is 10.0 Å². The van der Waals surface area contributed by atoms with Gasteiger partial charge in [0, 0.05) is 19.1 Å². The van der Waals surface area contributed by atoms with Gasteiger partial charge in [0.25, 0.3) is 0 Å². The lowest BCUT2D eigenvalue weighted by Gasteiger charge is -2.17. The predicted octanol–water partition coefficient (Wildman–Crippen LogP) is 0.681. The third-order valence-electron chi connectivity index (χ3n) is 4.04. The van der Waals surface area contributed by atoms with Crippen molar-refractivity contribution in [1.29, 1.82) is 0 Å². The summed E-state index contributed by atoms with van der Waals surface area (Å²) >= 11 is 0. The number of hydrogen-bond donors (Lipinski definition) is 1. The van der Waals surface area contributed by atoms with Crippen LogP contribution in [0.25, 0.3) is 5.65 Å². The molecule has 0 unspecified atom stereocenters. The molecule has 2 aromatic heterocycles. The van der Waals surface area contributed by atoms with Gasteiger partial charge < -0.3 is 4.90 Å². The Morgan fingerprint density at radius 3 is 2.79 bits per heavy atom. The molecule has 3 heterocycles. The summed E-state index contributed by atoms with van der Waals surface area (Å²) in [5.41, 5.74) is 0.680. The maximum Gasteiger partial charge on any atom is 0.240 e. The summed E-state index contributed by atoms with van der Waals surface area (Å²) < 4.78 is 29.2. The Morgan fingerprint density at radius 2 is 1.96 bits per heavy atom. The fraction of sp³-hybridized carbons (Fsp3) is 0.267. The highest BCUT2D eigenvalue weighted by Crippen LogP contribution is 2.19. The van der Waals surface area contributed by atoms with E-state index in [1.54, 1.807) is 41.2 Å². The van der Waals surface area contributed by atoms with E-state index >= 15 is 0 Å². The molecule has 0 spiro atoms. The van der Waals surface area contributed by atoms with Crippen molar-refractivity contribution in [2.24, 2.45) is 0 Å². The van der Waals surface area contributed by atoms with Gasteiger partial charge in [0.1, 0.15) is 12.1 Å². The van der Waals surface area contributed by atoms with E-state index in [9.17, 15) is 8.42 Å². The standard InChI is InChI=1S/C15H16N6O2S/c22-24(23,13-4-2-1-3-5-13)19-12-8-9-20(10-12)15-7-6-14-17-16-11-21(14)18-15/h1-7,11-12,19H,8-10H2/t12-/m0/s1. The number of anilines is 1. The average Bonchev–Trinajstić information content (AvgIpc) is 3.23. The Balaban J connectivity index is 1.48. The molecule has 1 atom stereocenters. The number of rotatable bonds is 4. The molecule has 1 aliphatic heterocycles. The fourth-order valence-corrected chi connectivity index (χ4v) is 4.12. The van der Waals surface area contributed by atoms with Gasteiger partial charge in [0.2, 0.25) is 10.0 Å². The molecule has 1 fully saturated rings. The molecule has 1 aliphatic rings. The van der Waals surface area contributed by atoms with Crippen molar-refractivity contribution in [3.8, 4) is 0 Å². The van der Waals surface area contributed by atoms with E-state index in [0.717, 1.165) is 18.8 Å². The SMILES string of the molecule is O=S(=O)(N[C@H]1CCN(c2ccc3nncn3n2)C1)c1ccccc1. The summed E-state index contributed by atoms with van der Waals surface area (Å²) in [6.07, 6.45) is 2.28. The van der Waals surface area contributed by atoms with Crippen LogP contribution in [-0.2, 0) is 10.0 Å². The molecule has 0 aliphatic carbocycles. The van der Waals surface area contributed by atoms with Crippen LogP contribution in [0, 0.1) is 0 Å². The van der Waals surface area contributed by atoms with Crippen LogP contribution in [0.4, 0.5) is 5.82 Å². The number of benzene rings is 1. The Kier molecular flexibility index (Phi) is 3.66. The molecule has 1 saturated heterocycles. The first-order valence-corrected chi connectivity index (χ1v) is 9.09. The number of sulfonamides is 1. The Labute approximate surface area is 139 Å². The minimum atomic E-state index is -3.50. The minimum absolute atomic E-state index is 0.145. The van der Waals surface area contributed by atoms with Crippen molar-refractivity contribution < 1.29 is 8.42 Å². The molecule has 4 rings (SSSR count). The van der Waals surface area contributed by atoms with Crippen LogP contribution >= 0.6 is 0 Å². The molecule has 124 valence electrons. The summed E-state index contributed by atoms with van der Waals surface area (Å²) in [5, 5.41) is 12.2. The quantitative estimate of drug-likeness (QED) is 0.748. The lowest BCUT2D eigenvalue weighted by atomic mass is 10.3. The molecule has 3 aromatic rings. The normalized spacial score (nSPS) is 18.3. The van der Waals surface area contributed by atoms with Gasteiger partial charge in [-0.05, 0) is 30.7 Å². The second-order valence-electron chi connectivity index (χ2n) is 5.69. The zero-order valence-corrected chi connectivity index (χ0v) is 13.6. The molecule has 24 heavy (non-hydrogen) atoms. The summed E-state index contributed by atoms with van der Waals surface area (Å²) in [4.78, 5) is 2.34. The van der Waals surface area contributed by atoms with Crippen LogP contribution in [0.2, 0.25) is 0 Å². The van der Waals surface area contributed by atoms with E-state index in [4.69, 9.17) is 0 Å². The summed E-state index contributed by atoms with van der Waals surface area (Å²) in [6.45, 7) is 1.31. The highest BCUT2D eigenvalue weighted by atomic mass is 32.2. The van der Waals surface area contributed by atoms with Crippen molar-refractivity contribution in [3.63, 3.8) is 0 Å². The largest absolute Gasteiger partial charge is 0.354 e. The van der Waals surface area contributed by atoms with Crippen LogP contribution in [0.5, 0.6) is 0 Å². The van der Waals surface area contributed by atoms with Gasteiger partial charge in [-0.1, -0.05) is 18.2 Å². The predicted molar refractivity (Wildman–Crippen MR) is 88.2 cm³/mol. The monoisotopic (exact) mass is 344 g/mol. The third-order valence-corrected chi connectivity index (χ3v) is 5.57. The smallest absolute Gasteiger partial charge is 0.240 e. The molecular weight excluding hydrogens is 328 g/mol. The Morgan fingerprint density at radius 1 is 1.12 bits per heavy atom. The number of fused-ring (bicyclic) bond motifs is 1. The van der Waals surface area contributed by atoms with Crippen LogP contribution in [-0.4, -0.2) is 47.4 Å². The molecule has 1 aromatic carbocycles. The second kappa shape index (κ2) is 5.84. The Hall–Kier alpha value is -2.52. The van der Waals surface area contributed by atoms with Crippen molar-refractivity contribution in [2.75, 3.05) is 18.0 Å². The van der Waals surface area contributed by atoms with Gasteiger partial charge in [-0.2, -0.15) is 4.52 Å². The van der Waals surface area contributed by atoms with Gasteiger partial charge in [0.05, 0.1) is 4.90 Å². The first kappa shape index (κ1) is 15.0. The van der Waals surface area contributed by atoms with Crippen molar-refractivity contribution >= 4 is 21.5 Å². The van der Waals surface area contributed by atoms with Gasteiger partial charge in [-0.15, -0.1) is 15.3 Å². The maximum absolute atomic E-state index is 12.4. The topological polar surface area (TPSA) is 92.5 Å². The molecular formula is C15H16N6O2S. The van der Waals surface area contributed by atoms with Crippen LogP contribution in [0.1, 0.15) is 6.42 Å². The summed E-state index contributed by atoms with van der Waals surface area (Å²) in [7, 11) is -3.50. The maximum atomic E-state index is 12.4. The van der Waals surface area contributed by atoms with Gasteiger partial charge >= 0.3 is 0 Å². The highest BCUT2D eigenvalue weighted by Gasteiger charge is 2.28. The molecule has 9 heteroatoms. The van der Waals surface area contributed by atoms with Crippen LogP contribution < -0.4 is 9.62 Å². The number of nitrogens with one attached hydrogen (secondary N) is 1. The lowest BCUT2D eigenvalue weighted by Crippen LogP contribution is -2.37. The van der Waals surface area contributed by atoms with E-state index in [-0.39, 0.29) is 10.9 Å². The molecule has 0 radical (unpaired) electrons. The van der Waals surface area contributed by atoms with E-state index in [2.05, 4.69) is 24.9 Å². The molecule has 0 saturated carbocycles. The zero-order valence-electron chi connectivity index (χ0n) is 12.8. The molecule has 1 N–H and O–H groups in total. The van der Waals surface area contributed by atoms with Crippen molar-refractivity contribution in [1.82, 2.24) is 24.5 Å². The number of nitrogens with zero attached hydrogens (tertiary/aromatic N) is 5. The first-order chi connectivity index (χ1) is 11.6. The van der Waals surface area contributed by atoms with Gasteiger partial charge in [-0.3, -0.25) is 0 Å². The van der Waals surface area contributed by atoms with Gasteiger partial charge in [0.15, 0.2) is 5.65 Å². The number of aromatic nitrogens is 4. The van der Waals surface area contributed by atoms with Crippen molar-refractivity contribution in [2.45, 2.75) is 17.4 Å². The zero-order chi connectivity index (χ0) is 16.6. The number of hydrogen-bond acceptors (Lipinski definition) is 6.